The van der Waals surface area contributed by atoms with E-state index in [4.69, 9.17) is 27.9 Å². The maximum absolute atomic E-state index is 12.4. The Kier molecular flexibility index (Phi) is 8.17. The topological polar surface area (TPSA) is 38.3 Å². The summed E-state index contributed by atoms with van der Waals surface area (Å²) in [5.41, 5.74) is 2.48. The molecule has 3 rings (SSSR count). The van der Waals surface area contributed by atoms with Gasteiger partial charge in [0.2, 0.25) is 0 Å². The maximum atomic E-state index is 12.4. The zero-order chi connectivity index (χ0) is 19.4. The van der Waals surface area contributed by atoms with Gasteiger partial charge in [-0.3, -0.25) is 4.79 Å². The van der Waals surface area contributed by atoms with Crippen molar-refractivity contribution < 1.29 is 26.4 Å². The maximum Gasteiger partial charge on any atom is 0.255 e. The van der Waals surface area contributed by atoms with Crippen molar-refractivity contribution in [2.45, 2.75) is 25.4 Å². The first-order chi connectivity index (χ1) is 12.8. The van der Waals surface area contributed by atoms with Gasteiger partial charge in [0.25, 0.3) is 5.91 Å². The minimum absolute atomic E-state index is 0. The van der Waals surface area contributed by atoms with E-state index in [0.29, 0.717) is 21.7 Å². The number of nitrogens with zero attached hydrogens (tertiary/aromatic N) is 1. The number of anilines is 1. The summed E-state index contributed by atoms with van der Waals surface area (Å²) in [7, 11) is 4.55. The SMILES string of the molecule is C[N+](C)(Cc1ccc(NC(=O)c2ccc(Cl)c(Cl)c2)cc1)C1CCOCC1.[Cl-]. The highest BCUT2D eigenvalue weighted by molar-refractivity contribution is 6.42. The third-order valence-electron chi connectivity index (χ3n) is 5.16. The van der Waals surface area contributed by atoms with Crippen LogP contribution < -0.4 is 17.7 Å². The summed E-state index contributed by atoms with van der Waals surface area (Å²) in [6.45, 7) is 2.66. The Morgan fingerprint density at radius 3 is 2.32 bits per heavy atom. The summed E-state index contributed by atoms with van der Waals surface area (Å²) in [6, 6.07) is 13.5. The summed E-state index contributed by atoms with van der Waals surface area (Å²) in [6.07, 6.45) is 2.20. The Morgan fingerprint density at radius 2 is 1.71 bits per heavy atom. The monoisotopic (exact) mass is 442 g/mol. The van der Waals surface area contributed by atoms with Gasteiger partial charge in [-0.15, -0.1) is 0 Å². The Bertz CT molecular complexity index is 804. The van der Waals surface area contributed by atoms with E-state index in [-0.39, 0.29) is 18.3 Å². The highest BCUT2D eigenvalue weighted by atomic mass is 35.5. The number of carbonyl (C=O) groups is 1. The van der Waals surface area contributed by atoms with Crippen LogP contribution in [0.15, 0.2) is 42.5 Å². The fourth-order valence-electron chi connectivity index (χ4n) is 3.52. The van der Waals surface area contributed by atoms with Crippen LogP contribution >= 0.6 is 23.2 Å². The van der Waals surface area contributed by atoms with E-state index in [1.165, 1.54) is 5.56 Å². The lowest BCUT2D eigenvalue weighted by molar-refractivity contribution is -0.929. The van der Waals surface area contributed by atoms with Crippen molar-refractivity contribution in [2.24, 2.45) is 0 Å². The van der Waals surface area contributed by atoms with Gasteiger partial charge in [0, 0.05) is 29.7 Å². The number of nitrogens with one attached hydrogen (secondary N) is 1. The van der Waals surface area contributed by atoms with Crippen LogP contribution in [-0.4, -0.2) is 43.7 Å². The molecule has 0 unspecified atom stereocenters. The number of benzene rings is 2. The molecule has 0 spiro atoms. The quantitative estimate of drug-likeness (QED) is 0.718. The minimum Gasteiger partial charge on any atom is -1.00 e. The number of carbonyl (C=O) groups excluding carboxylic acids is 1. The largest absolute Gasteiger partial charge is 1.00 e. The molecular formula is C21H25Cl3N2O2. The number of ether oxygens (including phenoxy) is 1. The second kappa shape index (κ2) is 9.95. The van der Waals surface area contributed by atoms with Crippen LogP contribution in [0.4, 0.5) is 5.69 Å². The fourth-order valence-corrected chi connectivity index (χ4v) is 3.82. The molecule has 0 radical (unpaired) electrons. The third-order valence-corrected chi connectivity index (χ3v) is 5.90. The standard InChI is InChI=1S/C21H24Cl2N2O2.ClH/c1-25(2,18-9-11-27-12-10-18)14-15-3-6-17(7-4-15)24-21(26)16-5-8-19(22)20(23)13-16;/h3-8,13,18H,9-12,14H2,1-2H3;1H. The Morgan fingerprint density at radius 1 is 1.07 bits per heavy atom. The molecule has 0 atom stereocenters. The molecule has 1 N–H and O–H groups in total. The zero-order valence-electron chi connectivity index (χ0n) is 16.1. The molecule has 152 valence electrons. The molecule has 0 saturated carbocycles. The first-order valence-electron chi connectivity index (χ1n) is 9.11. The van der Waals surface area contributed by atoms with Gasteiger partial charge >= 0.3 is 0 Å². The van der Waals surface area contributed by atoms with Crippen LogP contribution in [0.2, 0.25) is 10.0 Å². The van der Waals surface area contributed by atoms with Gasteiger partial charge in [0.05, 0.1) is 43.4 Å². The Hall–Kier alpha value is -1.30. The number of hydrogen-bond donors (Lipinski definition) is 1. The van der Waals surface area contributed by atoms with E-state index in [1.54, 1.807) is 18.2 Å². The Balaban J connectivity index is 0.00000280. The molecule has 1 fully saturated rings. The van der Waals surface area contributed by atoms with Crippen molar-refractivity contribution in [3.05, 3.63) is 63.6 Å². The van der Waals surface area contributed by atoms with Crippen molar-refractivity contribution in [2.75, 3.05) is 32.6 Å². The second-order valence-corrected chi connectivity index (χ2v) is 8.37. The molecule has 28 heavy (non-hydrogen) atoms. The number of amides is 1. The smallest absolute Gasteiger partial charge is 0.255 e. The number of halogens is 3. The zero-order valence-corrected chi connectivity index (χ0v) is 18.3. The van der Waals surface area contributed by atoms with Gasteiger partial charge in [-0.1, -0.05) is 35.3 Å². The number of hydrogen-bond acceptors (Lipinski definition) is 2. The van der Waals surface area contributed by atoms with Crippen molar-refractivity contribution in [3.8, 4) is 0 Å². The van der Waals surface area contributed by atoms with E-state index >= 15 is 0 Å². The van der Waals surface area contributed by atoms with Gasteiger partial charge in [0.15, 0.2) is 0 Å². The normalized spacial score (nSPS) is 15.0. The first-order valence-corrected chi connectivity index (χ1v) is 9.86. The lowest BCUT2D eigenvalue weighted by Crippen LogP contribution is -3.00. The van der Waals surface area contributed by atoms with Crippen molar-refractivity contribution >= 4 is 34.8 Å². The van der Waals surface area contributed by atoms with Crippen LogP contribution in [0.3, 0.4) is 0 Å². The highest BCUT2D eigenvalue weighted by Crippen LogP contribution is 2.24. The molecule has 1 aliphatic heterocycles. The number of quaternary nitrogens is 1. The molecular weight excluding hydrogens is 419 g/mol. The van der Waals surface area contributed by atoms with E-state index in [9.17, 15) is 4.79 Å². The van der Waals surface area contributed by atoms with Gasteiger partial charge in [-0.25, -0.2) is 0 Å². The van der Waals surface area contributed by atoms with E-state index in [2.05, 4.69) is 31.5 Å². The molecule has 1 heterocycles. The molecule has 0 aliphatic carbocycles. The second-order valence-electron chi connectivity index (χ2n) is 7.56. The van der Waals surface area contributed by atoms with Gasteiger partial charge in [0.1, 0.15) is 6.54 Å². The molecule has 7 heteroatoms. The average molecular weight is 444 g/mol. The number of rotatable bonds is 5. The lowest BCUT2D eigenvalue weighted by atomic mass is 10.0. The molecule has 0 bridgehead atoms. The Labute approximate surface area is 182 Å². The summed E-state index contributed by atoms with van der Waals surface area (Å²) in [4.78, 5) is 12.4. The van der Waals surface area contributed by atoms with Crippen LogP contribution in [0.5, 0.6) is 0 Å². The van der Waals surface area contributed by atoms with E-state index < -0.39 is 0 Å². The van der Waals surface area contributed by atoms with Gasteiger partial charge in [-0.2, -0.15) is 0 Å². The first kappa shape index (κ1) is 23.0. The summed E-state index contributed by atoms with van der Waals surface area (Å²) in [5.74, 6) is -0.209. The van der Waals surface area contributed by atoms with Crippen molar-refractivity contribution in [3.63, 3.8) is 0 Å². The molecule has 4 nitrogen and oxygen atoms in total. The summed E-state index contributed by atoms with van der Waals surface area (Å²) >= 11 is 11.9. The van der Waals surface area contributed by atoms with Gasteiger partial charge < -0.3 is 26.9 Å². The predicted molar refractivity (Wildman–Crippen MR) is 111 cm³/mol. The van der Waals surface area contributed by atoms with E-state index in [0.717, 1.165) is 42.8 Å². The van der Waals surface area contributed by atoms with Gasteiger partial charge in [-0.05, 0) is 30.3 Å². The van der Waals surface area contributed by atoms with Crippen LogP contribution in [0.25, 0.3) is 0 Å². The summed E-state index contributed by atoms with van der Waals surface area (Å²) < 4.78 is 6.43. The lowest BCUT2D eigenvalue weighted by Gasteiger charge is -2.40. The molecule has 2 aromatic carbocycles. The molecule has 0 aromatic heterocycles. The fraction of sp³-hybridized carbons (Fsp3) is 0.381. The molecule has 1 saturated heterocycles. The molecule has 2 aromatic rings. The predicted octanol–water partition coefficient (Wildman–Crippen LogP) is 2.01. The van der Waals surface area contributed by atoms with Crippen molar-refractivity contribution in [1.29, 1.82) is 0 Å². The van der Waals surface area contributed by atoms with Crippen LogP contribution in [0, 0.1) is 0 Å². The van der Waals surface area contributed by atoms with Crippen LogP contribution in [0.1, 0.15) is 28.8 Å². The average Bonchev–Trinajstić information content (AvgIpc) is 2.66. The van der Waals surface area contributed by atoms with E-state index in [1.807, 2.05) is 12.1 Å². The molecule has 1 aliphatic rings. The van der Waals surface area contributed by atoms with Crippen LogP contribution in [-0.2, 0) is 11.3 Å². The van der Waals surface area contributed by atoms with Crippen molar-refractivity contribution in [1.82, 2.24) is 0 Å². The minimum atomic E-state index is -0.209. The highest BCUT2D eigenvalue weighted by Gasteiger charge is 2.30. The third kappa shape index (κ3) is 5.85. The summed E-state index contributed by atoms with van der Waals surface area (Å²) in [5, 5.41) is 3.70. The molecule has 1 amide bonds.